The monoisotopic (exact) mass is 296 g/mol. The smallest absolute Gasteiger partial charge is 0.191 e. The first-order chi connectivity index (χ1) is 10.1. The summed E-state index contributed by atoms with van der Waals surface area (Å²) < 4.78 is 18.0. The van der Waals surface area contributed by atoms with Gasteiger partial charge < -0.3 is 20.3 Å². The number of hydrogen-bond acceptors (Lipinski definition) is 3. The molecule has 0 saturated heterocycles. The van der Waals surface area contributed by atoms with Crippen molar-refractivity contribution in [2.45, 2.75) is 6.04 Å². The molecule has 1 unspecified atom stereocenters. The van der Waals surface area contributed by atoms with Crippen LogP contribution < -0.4 is 10.6 Å². The molecule has 6 heteroatoms. The van der Waals surface area contributed by atoms with Crippen molar-refractivity contribution in [3.63, 3.8) is 0 Å². The zero-order valence-electron chi connectivity index (χ0n) is 13.2. The largest absolute Gasteiger partial charge is 0.383 e. The Bertz CT molecular complexity index is 434. The highest BCUT2D eigenvalue weighted by molar-refractivity contribution is 5.79. The van der Waals surface area contributed by atoms with E-state index in [1.807, 2.05) is 26.2 Å². The highest BCUT2D eigenvalue weighted by Gasteiger charge is 2.14. The van der Waals surface area contributed by atoms with Gasteiger partial charge in [0.25, 0.3) is 0 Å². The standard InChI is InChI=1S/C15H25FN4O/c1-17-15(18-9-10-21-4)19-11-14(20(2)3)12-5-7-13(16)8-6-12/h5-8,14H,9-11H2,1-4H3,(H2,17,18,19). The lowest BCUT2D eigenvalue weighted by Crippen LogP contribution is -2.42. The summed E-state index contributed by atoms with van der Waals surface area (Å²) in [4.78, 5) is 6.25. The Morgan fingerprint density at radius 3 is 2.48 bits per heavy atom. The fraction of sp³-hybridized carbons (Fsp3) is 0.533. The number of halogens is 1. The molecular weight excluding hydrogens is 271 g/mol. The van der Waals surface area contributed by atoms with Crippen molar-refractivity contribution in [2.24, 2.45) is 4.99 Å². The van der Waals surface area contributed by atoms with Crippen LogP contribution in [0.15, 0.2) is 29.3 Å². The van der Waals surface area contributed by atoms with Gasteiger partial charge in [-0.3, -0.25) is 4.99 Å². The molecule has 0 heterocycles. The molecule has 0 bridgehead atoms. The van der Waals surface area contributed by atoms with E-state index in [1.54, 1.807) is 14.2 Å². The molecule has 118 valence electrons. The molecule has 1 atom stereocenters. The van der Waals surface area contributed by atoms with Gasteiger partial charge in [0.15, 0.2) is 5.96 Å². The minimum atomic E-state index is -0.221. The Hall–Kier alpha value is -1.66. The number of rotatable bonds is 7. The van der Waals surface area contributed by atoms with Crippen LogP contribution in [0.2, 0.25) is 0 Å². The molecule has 0 aliphatic rings. The average Bonchev–Trinajstić information content (AvgIpc) is 2.47. The summed E-state index contributed by atoms with van der Waals surface area (Å²) in [5, 5.41) is 6.43. The number of benzene rings is 1. The minimum Gasteiger partial charge on any atom is -0.383 e. The van der Waals surface area contributed by atoms with Gasteiger partial charge in [-0.15, -0.1) is 0 Å². The summed E-state index contributed by atoms with van der Waals surface area (Å²) in [5.41, 5.74) is 1.06. The van der Waals surface area contributed by atoms with E-state index in [-0.39, 0.29) is 11.9 Å². The summed E-state index contributed by atoms with van der Waals surface area (Å²) >= 11 is 0. The van der Waals surface area contributed by atoms with Gasteiger partial charge in [-0.05, 0) is 31.8 Å². The van der Waals surface area contributed by atoms with Crippen molar-refractivity contribution in [3.05, 3.63) is 35.6 Å². The third-order valence-electron chi connectivity index (χ3n) is 3.16. The van der Waals surface area contributed by atoms with E-state index in [0.29, 0.717) is 19.7 Å². The fourth-order valence-corrected chi connectivity index (χ4v) is 1.97. The number of nitrogens with zero attached hydrogens (tertiary/aromatic N) is 2. The highest BCUT2D eigenvalue weighted by atomic mass is 19.1. The van der Waals surface area contributed by atoms with Gasteiger partial charge in [0.05, 0.1) is 12.6 Å². The Kier molecular flexibility index (Phi) is 7.71. The number of ether oxygens (including phenoxy) is 1. The second-order valence-electron chi connectivity index (χ2n) is 4.90. The summed E-state index contributed by atoms with van der Waals surface area (Å²) in [6.07, 6.45) is 0. The topological polar surface area (TPSA) is 48.9 Å². The maximum Gasteiger partial charge on any atom is 0.191 e. The van der Waals surface area contributed by atoms with Gasteiger partial charge >= 0.3 is 0 Å². The number of hydrogen-bond donors (Lipinski definition) is 2. The van der Waals surface area contributed by atoms with Crippen molar-refractivity contribution in [3.8, 4) is 0 Å². The van der Waals surface area contributed by atoms with E-state index in [0.717, 1.165) is 11.5 Å². The van der Waals surface area contributed by atoms with Crippen molar-refractivity contribution < 1.29 is 9.13 Å². The van der Waals surface area contributed by atoms with E-state index < -0.39 is 0 Å². The van der Waals surface area contributed by atoms with Crippen LogP contribution in [0, 0.1) is 5.82 Å². The molecule has 0 fully saturated rings. The van der Waals surface area contributed by atoms with E-state index >= 15 is 0 Å². The van der Waals surface area contributed by atoms with Gasteiger partial charge in [0.2, 0.25) is 0 Å². The molecule has 0 aliphatic heterocycles. The van der Waals surface area contributed by atoms with Crippen LogP contribution in [-0.2, 0) is 4.74 Å². The van der Waals surface area contributed by atoms with Gasteiger partial charge in [0, 0.05) is 27.2 Å². The SMILES string of the molecule is CN=C(NCCOC)NCC(c1ccc(F)cc1)N(C)C. The Labute approximate surface area is 126 Å². The van der Waals surface area contributed by atoms with Crippen LogP contribution in [0.25, 0.3) is 0 Å². The van der Waals surface area contributed by atoms with Gasteiger partial charge in [0.1, 0.15) is 5.82 Å². The first-order valence-corrected chi connectivity index (χ1v) is 6.93. The van der Waals surface area contributed by atoms with E-state index in [1.165, 1.54) is 12.1 Å². The van der Waals surface area contributed by atoms with E-state index in [9.17, 15) is 4.39 Å². The first kappa shape index (κ1) is 17.4. The maximum atomic E-state index is 13.0. The maximum absolute atomic E-state index is 13.0. The van der Waals surface area contributed by atoms with Crippen LogP contribution in [0.4, 0.5) is 4.39 Å². The van der Waals surface area contributed by atoms with Crippen molar-refractivity contribution in [2.75, 3.05) is 47.9 Å². The van der Waals surface area contributed by atoms with Crippen LogP contribution in [0.3, 0.4) is 0 Å². The van der Waals surface area contributed by atoms with E-state index in [4.69, 9.17) is 4.74 Å². The molecule has 21 heavy (non-hydrogen) atoms. The predicted molar refractivity (Wildman–Crippen MR) is 84.1 cm³/mol. The second kappa shape index (κ2) is 9.31. The summed E-state index contributed by atoms with van der Waals surface area (Å²) in [5.74, 6) is 0.502. The van der Waals surface area contributed by atoms with Crippen LogP contribution in [0.5, 0.6) is 0 Å². The van der Waals surface area contributed by atoms with Crippen molar-refractivity contribution >= 4 is 5.96 Å². The summed E-state index contributed by atoms with van der Waals surface area (Å²) in [6.45, 7) is 1.99. The molecular formula is C15H25FN4O. The number of likely N-dealkylation sites (N-methyl/N-ethyl adjacent to an activating group) is 1. The molecule has 1 aromatic rings. The number of methoxy groups -OCH3 is 1. The molecule has 0 spiro atoms. The van der Waals surface area contributed by atoms with Crippen molar-refractivity contribution in [1.82, 2.24) is 15.5 Å². The van der Waals surface area contributed by atoms with Gasteiger partial charge in [-0.1, -0.05) is 12.1 Å². The molecule has 0 amide bonds. The van der Waals surface area contributed by atoms with E-state index in [2.05, 4.69) is 20.5 Å². The Morgan fingerprint density at radius 1 is 1.29 bits per heavy atom. The number of aliphatic imine (C=N–C) groups is 1. The Morgan fingerprint density at radius 2 is 1.95 bits per heavy atom. The summed E-state index contributed by atoms with van der Waals surface area (Å²) in [7, 11) is 7.38. The summed E-state index contributed by atoms with van der Waals surface area (Å²) in [6, 6.07) is 6.71. The van der Waals surface area contributed by atoms with Crippen molar-refractivity contribution in [1.29, 1.82) is 0 Å². The van der Waals surface area contributed by atoms with Crippen LogP contribution in [-0.4, -0.2) is 58.8 Å². The predicted octanol–water partition coefficient (Wildman–Crippen LogP) is 1.24. The molecule has 1 aromatic carbocycles. The van der Waals surface area contributed by atoms with Crippen LogP contribution >= 0.6 is 0 Å². The molecule has 0 saturated carbocycles. The second-order valence-corrected chi connectivity index (χ2v) is 4.90. The lowest BCUT2D eigenvalue weighted by Gasteiger charge is -2.26. The molecule has 2 N–H and O–H groups in total. The molecule has 5 nitrogen and oxygen atoms in total. The Balaban J connectivity index is 2.60. The van der Waals surface area contributed by atoms with Gasteiger partial charge in [-0.25, -0.2) is 4.39 Å². The lowest BCUT2D eigenvalue weighted by molar-refractivity contribution is 0.203. The molecule has 1 rings (SSSR count). The minimum absolute atomic E-state index is 0.131. The molecule has 0 radical (unpaired) electrons. The molecule has 0 aromatic heterocycles. The first-order valence-electron chi connectivity index (χ1n) is 6.93. The zero-order valence-corrected chi connectivity index (χ0v) is 13.2. The highest BCUT2D eigenvalue weighted by Crippen LogP contribution is 2.17. The fourth-order valence-electron chi connectivity index (χ4n) is 1.97. The van der Waals surface area contributed by atoms with Gasteiger partial charge in [-0.2, -0.15) is 0 Å². The third-order valence-corrected chi connectivity index (χ3v) is 3.16. The third kappa shape index (κ3) is 6.10. The zero-order chi connectivity index (χ0) is 15.7. The number of guanidine groups is 1. The van der Waals surface area contributed by atoms with Crippen LogP contribution in [0.1, 0.15) is 11.6 Å². The quantitative estimate of drug-likeness (QED) is 0.451. The normalized spacial score (nSPS) is 13.3. The average molecular weight is 296 g/mol. The lowest BCUT2D eigenvalue weighted by atomic mass is 10.1. The molecule has 0 aliphatic carbocycles. The number of nitrogens with one attached hydrogen (secondary N) is 2.